The van der Waals surface area contributed by atoms with E-state index in [1.54, 1.807) is 12.1 Å². The Morgan fingerprint density at radius 3 is 2.65 bits per heavy atom. The van der Waals surface area contributed by atoms with Gasteiger partial charge < -0.3 is 14.5 Å². The fourth-order valence-electron chi connectivity index (χ4n) is 2.28. The molecule has 1 fully saturated rings. The Morgan fingerprint density at radius 1 is 1.22 bits per heavy atom. The van der Waals surface area contributed by atoms with Crippen LogP contribution in [0, 0.1) is 10.1 Å². The minimum absolute atomic E-state index is 0.0251. The van der Waals surface area contributed by atoms with Crippen molar-refractivity contribution in [3.8, 4) is 11.5 Å². The fraction of sp³-hybridized carbons (Fsp3) is 0.429. The zero-order valence-corrected chi connectivity index (χ0v) is 12.5. The third-order valence-electron chi connectivity index (χ3n) is 3.56. The Bertz CT molecular complexity index is 651. The molecule has 23 heavy (non-hydrogen) atoms. The molecule has 0 spiro atoms. The van der Waals surface area contributed by atoms with Crippen molar-refractivity contribution in [2.45, 2.75) is 0 Å². The van der Waals surface area contributed by atoms with Crippen LogP contribution in [0.5, 0.6) is 0 Å². The number of nitrogens with one attached hydrogen (secondary N) is 1. The molecule has 0 amide bonds. The summed E-state index contributed by atoms with van der Waals surface area (Å²) in [7, 11) is 0. The average molecular weight is 319 g/mol. The van der Waals surface area contributed by atoms with Crippen molar-refractivity contribution in [3.63, 3.8) is 0 Å². The summed E-state index contributed by atoms with van der Waals surface area (Å²) in [6, 6.07) is 6.33. The zero-order valence-electron chi connectivity index (χ0n) is 12.5. The van der Waals surface area contributed by atoms with Crippen molar-refractivity contribution in [2.75, 3.05) is 44.7 Å². The monoisotopic (exact) mass is 319 g/mol. The number of rotatable bonds is 6. The Hall–Kier alpha value is -2.52. The number of benzene rings is 1. The quantitative estimate of drug-likeness (QED) is 0.629. The van der Waals surface area contributed by atoms with Crippen LogP contribution in [-0.4, -0.2) is 59.4 Å². The number of non-ortho nitro benzene ring substituents is 1. The number of morpholine rings is 1. The summed E-state index contributed by atoms with van der Waals surface area (Å²) in [4.78, 5) is 12.5. The first-order valence-corrected chi connectivity index (χ1v) is 7.35. The lowest BCUT2D eigenvalue weighted by molar-refractivity contribution is -0.384. The molecule has 0 saturated carbocycles. The van der Waals surface area contributed by atoms with Crippen LogP contribution in [0.1, 0.15) is 0 Å². The summed E-state index contributed by atoms with van der Waals surface area (Å²) in [6.45, 7) is 4.97. The molecule has 9 heteroatoms. The van der Waals surface area contributed by atoms with Crippen molar-refractivity contribution in [1.29, 1.82) is 0 Å². The predicted octanol–water partition coefficient (Wildman–Crippen LogP) is 1.39. The van der Waals surface area contributed by atoms with Gasteiger partial charge in [0.2, 0.25) is 5.89 Å². The average Bonchev–Trinajstić information content (AvgIpc) is 3.05. The molecular weight excluding hydrogens is 302 g/mol. The molecule has 9 nitrogen and oxygen atoms in total. The topological polar surface area (TPSA) is 107 Å². The van der Waals surface area contributed by atoms with Crippen molar-refractivity contribution < 1.29 is 14.1 Å². The van der Waals surface area contributed by atoms with E-state index < -0.39 is 4.92 Å². The minimum atomic E-state index is -0.448. The van der Waals surface area contributed by atoms with E-state index in [9.17, 15) is 10.1 Å². The lowest BCUT2D eigenvalue weighted by atomic mass is 10.2. The number of aromatic nitrogens is 2. The van der Waals surface area contributed by atoms with Gasteiger partial charge in [0.25, 0.3) is 5.69 Å². The molecule has 2 heterocycles. The van der Waals surface area contributed by atoms with Crippen molar-refractivity contribution in [2.24, 2.45) is 0 Å². The van der Waals surface area contributed by atoms with Gasteiger partial charge in [-0.05, 0) is 12.1 Å². The molecule has 1 saturated heterocycles. The number of nitro groups is 1. The van der Waals surface area contributed by atoms with Gasteiger partial charge in [-0.1, -0.05) is 5.10 Å². The standard InChI is InChI=1S/C14H17N5O4/c20-19(21)12-3-1-11(2-4-12)13-16-17-14(23-13)15-5-6-18-7-9-22-10-8-18/h1-4H,5-10H2,(H,15,17). The largest absolute Gasteiger partial charge is 0.403 e. The summed E-state index contributed by atoms with van der Waals surface area (Å²) < 4.78 is 10.8. The van der Waals surface area contributed by atoms with Crippen LogP contribution in [-0.2, 0) is 4.74 Å². The van der Waals surface area contributed by atoms with Crippen LogP contribution < -0.4 is 5.32 Å². The lowest BCUT2D eigenvalue weighted by Crippen LogP contribution is -2.39. The van der Waals surface area contributed by atoms with Crippen LogP contribution in [0.15, 0.2) is 28.7 Å². The summed E-state index contributed by atoms with van der Waals surface area (Å²) in [6.07, 6.45) is 0. The number of hydrogen-bond donors (Lipinski definition) is 1. The van der Waals surface area contributed by atoms with Gasteiger partial charge in [0.05, 0.1) is 18.1 Å². The SMILES string of the molecule is O=[N+]([O-])c1ccc(-c2nnc(NCCN3CCOCC3)o2)cc1. The second kappa shape index (κ2) is 7.16. The molecule has 1 aromatic carbocycles. The van der Waals surface area contributed by atoms with Gasteiger partial charge in [-0.3, -0.25) is 15.0 Å². The van der Waals surface area contributed by atoms with E-state index in [0.717, 1.165) is 32.8 Å². The Balaban J connectivity index is 1.54. The van der Waals surface area contributed by atoms with Gasteiger partial charge in [0, 0.05) is 43.9 Å². The van der Waals surface area contributed by atoms with E-state index in [0.29, 0.717) is 24.0 Å². The van der Waals surface area contributed by atoms with E-state index in [1.807, 2.05) is 0 Å². The van der Waals surface area contributed by atoms with Crippen LogP contribution in [0.25, 0.3) is 11.5 Å². The third kappa shape index (κ3) is 4.02. The highest BCUT2D eigenvalue weighted by molar-refractivity contribution is 5.55. The van der Waals surface area contributed by atoms with E-state index in [2.05, 4.69) is 20.4 Å². The number of nitrogens with zero attached hydrogens (tertiary/aromatic N) is 4. The minimum Gasteiger partial charge on any atom is -0.403 e. The first-order chi connectivity index (χ1) is 11.2. The molecule has 0 atom stereocenters. The van der Waals surface area contributed by atoms with E-state index in [-0.39, 0.29) is 5.69 Å². The van der Waals surface area contributed by atoms with Crippen LogP contribution in [0.2, 0.25) is 0 Å². The Labute approximate surface area is 132 Å². The van der Waals surface area contributed by atoms with Gasteiger partial charge in [-0.25, -0.2) is 0 Å². The van der Waals surface area contributed by atoms with E-state index >= 15 is 0 Å². The Morgan fingerprint density at radius 2 is 1.96 bits per heavy atom. The highest BCUT2D eigenvalue weighted by atomic mass is 16.6. The molecule has 122 valence electrons. The molecule has 1 N–H and O–H groups in total. The molecule has 2 aromatic rings. The van der Waals surface area contributed by atoms with Gasteiger partial charge in [0.15, 0.2) is 0 Å². The molecule has 0 radical (unpaired) electrons. The summed E-state index contributed by atoms with van der Waals surface area (Å²) in [5, 5.41) is 21.6. The van der Waals surface area contributed by atoms with Crippen LogP contribution in [0.3, 0.4) is 0 Å². The van der Waals surface area contributed by atoms with Crippen LogP contribution in [0.4, 0.5) is 11.7 Å². The molecule has 1 aliphatic heterocycles. The maximum Gasteiger partial charge on any atom is 0.315 e. The molecular formula is C14H17N5O4. The second-order valence-electron chi connectivity index (χ2n) is 5.10. The second-order valence-corrected chi connectivity index (χ2v) is 5.10. The fourth-order valence-corrected chi connectivity index (χ4v) is 2.28. The van der Waals surface area contributed by atoms with Crippen LogP contribution >= 0.6 is 0 Å². The highest BCUT2D eigenvalue weighted by Gasteiger charge is 2.12. The lowest BCUT2D eigenvalue weighted by Gasteiger charge is -2.26. The summed E-state index contributed by atoms with van der Waals surface area (Å²) in [5.41, 5.74) is 0.668. The number of ether oxygens (including phenoxy) is 1. The molecule has 1 aromatic heterocycles. The van der Waals surface area contributed by atoms with Gasteiger partial charge in [-0.2, -0.15) is 0 Å². The highest BCUT2D eigenvalue weighted by Crippen LogP contribution is 2.22. The van der Waals surface area contributed by atoms with Crippen molar-refractivity contribution >= 4 is 11.7 Å². The molecule has 0 unspecified atom stereocenters. The molecule has 3 rings (SSSR count). The predicted molar refractivity (Wildman–Crippen MR) is 82.1 cm³/mol. The summed E-state index contributed by atoms with van der Waals surface area (Å²) in [5.74, 6) is 0.328. The third-order valence-corrected chi connectivity index (χ3v) is 3.56. The molecule has 0 bridgehead atoms. The van der Waals surface area contributed by atoms with E-state index in [4.69, 9.17) is 9.15 Å². The smallest absolute Gasteiger partial charge is 0.315 e. The summed E-state index contributed by atoms with van der Waals surface area (Å²) >= 11 is 0. The van der Waals surface area contributed by atoms with Gasteiger partial charge in [-0.15, -0.1) is 5.10 Å². The normalized spacial score (nSPS) is 15.5. The number of hydrogen-bond acceptors (Lipinski definition) is 8. The Kier molecular flexibility index (Phi) is 4.79. The number of anilines is 1. The van der Waals surface area contributed by atoms with Gasteiger partial charge >= 0.3 is 6.01 Å². The van der Waals surface area contributed by atoms with E-state index in [1.165, 1.54) is 12.1 Å². The maximum absolute atomic E-state index is 10.6. The molecule has 0 aliphatic carbocycles. The zero-order chi connectivity index (χ0) is 16.1. The first-order valence-electron chi connectivity index (χ1n) is 7.35. The van der Waals surface area contributed by atoms with Gasteiger partial charge in [0.1, 0.15) is 0 Å². The first kappa shape index (κ1) is 15.4. The maximum atomic E-state index is 10.6. The van der Waals surface area contributed by atoms with Crippen molar-refractivity contribution in [1.82, 2.24) is 15.1 Å². The van der Waals surface area contributed by atoms with Crippen molar-refractivity contribution in [3.05, 3.63) is 34.4 Å². The number of nitro benzene ring substituents is 1. The molecule has 1 aliphatic rings.